The van der Waals surface area contributed by atoms with Crippen LogP contribution >= 0.6 is 0 Å². The standard InChI is InChI=1S/2C15H17NO4/c1-18-9-14(19-2)10-4-5-13-12(8-10)11(6-7-16-13)15(17)20-3;1-18-7-8-20-10-11-3-4-14-13(9-11)12(5-6-16-14)15(17)19-2/h4-8,14H,9H2,1-3H3;3-6,9H,7-8,10H2,1-2H3. The van der Waals surface area contributed by atoms with Gasteiger partial charge in [0.2, 0.25) is 0 Å². The number of aromatic nitrogens is 2. The Morgan fingerprint density at radius 1 is 0.725 bits per heavy atom. The number of esters is 2. The van der Waals surface area contributed by atoms with Crippen molar-refractivity contribution in [3.63, 3.8) is 0 Å². The Morgan fingerprint density at radius 2 is 1.32 bits per heavy atom. The Morgan fingerprint density at radius 3 is 1.88 bits per heavy atom. The lowest BCUT2D eigenvalue weighted by Crippen LogP contribution is -2.09. The van der Waals surface area contributed by atoms with E-state index in [1.807, 2.05) is 36.4 Å². The minimum Gasteiger partial charge on any atom is -0.465 e. The maximum atomic E-state index is 11.8. The van der Waals surface area contributed by atoms with Crippen LogP contribution in [-0.2, 0) is 35.0 Å². The fourth-order valence-corrected chi connectivity index (χ4v) is 4.01. The highest BCUT2D eigenvalue weighted by molar-refractivity contribution is 6.04. The maximum Gasteiger partial charge on any atom is 0.338 e. The largest absolute Gasteiger partial charge is 0.465 e. The molecule has 10 heteroatoms. The summed E-state index contributed by atoms with van der Waals surface area (Å²) in [6, 6.07) is 14.7. The molecule has 4 rings (SSSR count). The molecule has 1 atom stereocenters. The third kappa shape index (κ3) is 7.80. The van der Waals surface area contributed by atoms with Crippen LogP contribution in [0.1, 0.15) is 37.9 Å². The van der Waals surface area contributed by atoms with Gasteiger partial charge in [-0.25, -0.2) is 9.59 Å². The molecule has 0 aliphatic heterocycles. The average Bonchev–Trinajstić information content (AvgIpc) is 3.00. The summed E-state index contributed by atoms with van der Waals surface area (Å²) in [5.74, 6) is -0.745. The number of methoxy groups -OCH3 is 5. The number of ether oxygens (including phenoxy) is 6. The first-order valence-corrected chi connectivity index (χ1v) is 12.5. The van der Waals surface area contributed by atoms with Gasteiger partial charge in [-0.3, -0.25) is 9.97 Å². The van der Waals surface area contributed by atoms with Crippen LogP contribution in [0.3, 0.4) is 0 Å². The van der Waals surface area contributed by atoms with Crippen LogP contribution in [0.25, 0.3) is 21.8 Å². The van der Waals surface area contributed by atoms with E-state index < -0.39 is 0 Å². The molecule has 0 fully saturated rings. The van der Waals surface area contributed by atoms with Gasteiger partial charge < -0.3 is 28.4 Å². The van der Waals surface area contributed by atoms with Gasteiger partial charge in [-0.15, -0.1) is 0 Å². The molecule has 10 nitrogen and oxygen atoms in total. The molecule has 212 valence electrons. The van der Waals surface area contributed by atoms with Crippen molar-refractivity contribution < 1.29 is 38.0 Å². The van der Waals surface area contributed by atoms with Crippen LogP contribution in [0.15, 0.2) is 60.9 Å². The van der Waals surface area contributed by atoms with Gasteiger partial charge in [-0.05, 0) is 47.5 Å². The monoisotopic (exact) mass is 550 g/mol. The summed E-state index contributed by atoms with van der Waals surface area (Å²) in [7, 11) is 7.61. The van der Waals surface area contributed by atoms with Crippen molar-refractivity contribution in [2.45, 2.75) is 12.7 Å². The summed E-state index contributed by atoms with van der Waals surface area (Å²) in [4.78, 5) is 32.0. The molecular weight excluding hydrogens is 516 g/mol. The average molecular weight is 551 g/mol. The van der Waals surface area contributed by atoms with Gasteiger partial charge >= 0.3 is 11.9 Å². The SMILES string of the molecule is COCC(OC)c1ccc2nccc(C(=O)OC)c2c1.COCCOCc1ccc2nccc(C(=O)OC)c2c1. The molecule has 2 heterocycles. The number of carbonyl (C=O) groups excluding carboxylic acids is 2. The lowest BCUT2D eigenvalue weighted by molar-refractivity contribution is 0.0275. The molecule has 40 heavy (non-hydrogen) atoms. The van der Waals surface area contributed by atoms with Crippen LogP contribution in [0.5, 0.6) is 0 Å². The number of fused-ring (bicyclic) bond motifs is 2. The Labute approximate surface area is 233 Å². The molecular formula is C30H34N2O8. The van der Waals surface area contributed by atoms with Crippen LogP contribution in [0.4, 0.5) is 0 Å². The van der Waals surface area contributed by atoms with Gasteiger partial charge in [0.25, 0.3) is 0 Å². The molecule has 0 amide bonds. The van der Waals surface area contributed by atoms with Crippen molar-refractivity contribution in [3.8, 4) is 0 Å². The quantitative estimate of drug-likeness (QED) is 0.195. The first kappa shape index (κ1) is 30.6. The van der Waals surface area contributed by atoms with Crippen molar-refractivity contribution in [2.24, 2.45) is 0 Å². The van der Waals surface area contributed by atoms with Gasteiger partial charge in [0.15, 0.2) is 0 Å². The van der Waals surface area contributed by atoms with E-state index in [1.54, 1.807) is 45.9 Å². The highest BCUT2D eigenvalue weighted by Crippen LogP contribution is 2.24. The van der Waals surface area contributed by atoms with Crippen LogP contribution < -0.4 is 0 Å². The predicted octanol–water partition coefficient (Wildman–Crippen LogP) is 4.54. The molecule has 0 aliphatic rings. The van der Waals surface area contributed by atoms with Crippen LogP contribution in [-0.4, -0.2) is 77.3 Å². The second-order valence-corrected chi connectivity index (χ2v) is 8.55. The molecule has 0 spiro atoms. The Hall–Kier alpha value is -3.96. The second-order valence-electron chi connectivity index (χ2n) is 8.55. The van der Waals surface area contributed by atoms with E-state index >= 15 is 0 Å². The van der Waals surface area contributed by atoms with Crippen molar-refractivity contribution in [2.75, 3.05) is 55.4 Å². The highest BCUT2D eigenvalue weighted by Gasteiger charge is 2.15. The minimum atomic E-state index is -0.379. The highest BCUT2D eigenvalue weighted by atomic mass is 16.5. The Kier molecular flexibility index (Phi) is 11.9. The molecule has 0 bridgehead atoms. The normalized spacial score (nSPS) is 11.5. The predicted molar refractivity (Wildman–Crippen MR) is 149 cm³/mol. The van der Waals surface area contributed by atoms with E-state index in [0.717, 1.165) is 32.9 Å². The van der Waals surface area contributed by atoms with E-state index in [-0.39, 0.29) is 18.0 Å². The molecule has 2 aromatic heterocycles. The van der Waals surface area contributed by atoms with Gasteiger partial charge in [-0.1, -0.05) is 12.1 Å². The third-order valence-corrected chi connectivity index (χ3v) is 6.06. The summed E-state index contributed by atoms with van der Waals surface area (Å²) in [6.45, 7) is 2.00. The van der Waals surface area contributed by atoms with Crippen molar-refractivity contribution in [1.82, 2.24) is 9.97 Å². The third-order valence-electron chi connectivity index (χ3n) is 6.06. The van der Waals surface area contributed by atoms with E-state index in [9.17, 15) is 9.59 Å². The zero-order valence-corrected chi connectivity index (χ0v) is 23.3. The smallest absolute Gasteiger partial charge is 0.338 e. The van der Waals surface area contributed by atoms with Gasteiger partial charge in [0.1, 0.15) is 6.10 Å². The van der Waals surface area contributed by atoms with E-state index in [2.05, 4.69) is 9.97 Å². The molecule has 0 N–H and O–H groups in total. The molecule has 0 aliphatic carbocycles. The van der Waals surface area contributed by atoms with Gasteiger partial charge in [0.05, 0.1) is 62.8 Å². The number of nitrogens with zero attached hydrogens (tertiary/aromatic N) is 2. The zero-order valence-electron chi connectivity index (χ0n) is 23.3. The number of pyridine rings is 2. The van der Waals surface area contributed by atoms with E-state index in [1.165, 1.54) is 14.2 Å². The van der Waals surface area contributed by atoms with E-state index in [4.69, 9.17) is 28.4 Å². The first-order valence-electron chi connectivity index (χ1n) is 12.5. The van der Waals surface area contributed by atoms with Gasteiger partial charge in [-0.2, -0.15) is 0 Å². The number of carbonyl (C=O) groups is 2. The topological polar surface area (TPSA) is 115 Å². The molecule has 2 aromatic carbocycles. The number of hydrogen-bond acceptors (Lipinski definition) is 10. The number of hydrogen-bond donors (Lipinski definition) is 0. The van der Waals surface area contributed by atoms with E-state index in [0.29, 0.717) is 37.6 Å². The first-order chi connectivity index (χ1) is 19.5. The minimum absolute atomic E-state index is 0.185. The number of rotatable bonds is 11. The molecule has 1 unspecified atom stereocenters. The summed E-state index contributed by atoms with van der Waals surface area (Å²) in [5, 5.41) is 1.52. The lowest BCUT2D eigenvalue weighted by atomic mass is 10.0. The maximum absolute atomic E-state index is 11.8. The lowest BCUT2D eigenvalue weighted by Gasteiger charge is -2.15. The summed E-state index contributed by atoms with van der Waals surface area (Å²) in [6.07, 6.45) is 3.01. The molecule has 0 saturated carbocycles. The van der Waals surface area contributed by atoms with Crippen LogP contribution in [0, 0.1) is 0 Å². The number of benzene rings is 2. The fourth-order valence-electron chi connectivity index (χ4n) is 4.01. The fraction of sp³-hybridized carbons (Fsp3) is 0.333. The Bertz CT molecular complexity index is 1430. The second kappa shape index (κ2) is 15.6. The summed E-state index contributed by atoms with van der Waals surface area (Å²) in [5.41, 5.74) is 4.41. The zero-order chi connectivity index (χ0) is 28.9. The van der Waals surface area contributed by atoms with Crippen molar-refractivity contribution in [1.29, 1.82) is 0 Å². The summed E-state index contributed by atoms with van der Waals surface area (Å²) >= 11 is 0. The van der Waals surface area contributed by atoms with Crippen molar-refractivity contribution >= 4 is 33.7 Å². The van der Waals surface area contributed by atoms with Crippen molar-refractivity contribution in [3.05, 3.63) is 83.2 Å². The molecule has 0 radical (unpaired) electrons. The Balaban J connectivity index is 0.000000220. The van der Waals surface area contributed by atoms with Crippen LogP contribution in [0.2, 0.25) is 0 Å². The molecule has 4 aromatic rings. The molecule has 0 saturated heterocycles. The summed E-state index contributed by atoms with van der Waals surface area (Å²) < 4.78 is 30.5. The van der Waals surface area contributed by atoms with Gasteiger partial charge in [0, 0.05) is 44.5 Å².